The van der Waals surface area contributed by atoms with Crippen molar-refractivity contribution in [2.45, 2.75) is 52.4 Å². The summed E-state index contributed by atoms with van der Waals surface area (Å²) in [6.07, 6.45) is 1.78. The molecule has 0 saturated carbocycles. The average Bonchev–Trinajstić information content (AvgIpc) is 2.87. The molecule has 1 aromatic heterocycles. The van der Waals surface area contributed by atoms with Crippen molar-refractivity contribution in [3.05, 3.63) is 18.5 Å². The molecule has 1 saturated heterocycles. The first kappa shape index (κ1) is 14.4. The van der Waals surface area contributed by atoms with Gasteiger partial charge in [-0.3, -0.25) is 0 Å². The van der Waals surface area contributed by atoms with E-state index in [2.05, 4.69) is 11.9 Å². The SMILES string of the molecule is CCn1cnc2cc(O)cc(B3OC(C)(C)C(C)(C)O3)c21. The Morgan fingerprint density at radius 3 is 2.38 bits per heavy atom. The van der Waals surface area contributed by atoms with Gasteiger partial charge in [0.1, 0.15) is 5.75 Å². The van der Waals surface area contributed by atoms with Crippen LogP contribution in [0, 0.1) is 0 Å². The molecule has 1 fully saturated rings. The van der Waals surface area contributed by atoms with Gasteiger partial charge in [-0.15, -0.1) is 0 Å². The van der Waals surface area contributed by atoms with Gasteiger partial charge in [0, 0.05) is 18.1 Å². The monoisotopic (exact) mass is 288 g/mol. The molecule has 2 aromatic rings. The Morgan fingerprint density at radius 2 is 1.81 bits per heavy atom. The maximum atomic E-state index is 9.95. The van der Waals surface area contributed by atoms with Gasteiger partial charge in [-0.05, 0) is 40.7 Å². The van der Waals surface area contributed by atoms with E-state index in [9.17, 15) is 5.11 Å². The number of hydrogen-bond donors (Lipinski definition) is 1. The van der Waals surface area contributed by atoms with Crippen molar-refractivity contribution in [3.8, 4) is 5.75 Å². The van der Waals surface area contributed by atoms with Crippen LogP contribution in [0.5, 0.6) is 5.75 Å². The first-order chi connectivity index (χ1) is 9.75. The lowest BCUT2D eigenvalue weighted by Crippen LogP contribution is -2.41. The second-order valence-electron chi connectivity index (χ2n) is 6.52. The van der Waals surface area contributed by atoms with Crippen LogP contribution in [0.3, 0.4) is 0 Å². The van der Waals surface area contributed by atoms with Crippen LogP contribution in [0.2, 0.25) is 0 Å². The Labute approximate surface area is 125 Å². The van der Waals surface area contributed by atoms with Crippen LogP contribution in [0.25, 0.3) is 11.0 Å². The molecule has 1 aliphatic rings. The molecule has 0 amide bonds. The average molecular weight is 288 g/mol. The molecule has 1 aliphatic heterocycles. The van der Waals surface area contributed by atoms with Crippen molar-refractivity contribution >= 4 is 23.6 Å². The molecule has 2 heterocycles. The van der Waals surface area contributed by atoms with Crippen LogP contribution in [-0.2, 0) is 15.9 Å². The van der Waals surface area contributed by atoms with Crippen molar-refractivity contribution in [2.75, 3.05) is 0 Å². The largest absolute Gasteiger partial charge is 0.508 e. The lowest BCUT2D eigenvalue weighted by molar-refractivity contribution is 0.00578. The first-order valence-electron chi connectivity index (χ1n) is 7.28. The summed E-state index contributed by atoms with van der Waals surface area (Å²) in [5.74, 6) is 0.175. The van der Waals surface area contributed by atoms with Crippen molar-refractivity contribution in [1.82, 2.24) is 9.55 Å². The van der Waals surface area contributed by atoms with Crippen LogP contribution >= 0.6 is 0 Å². The normalized spacial score (nSPS) is 20.3. The van der Waals surface area contributed by atoms with Gasteiger partial charge in [-0.1, -0.05) is 0 Å². The number of phenolic OH excluding ortho intramolecular Hbond substituents is 1. The van der Waals surface area contributed by atoms with Crippen molar-refractivity contribution < 1.29 is 14.4 Å². The molecule has 112 valence electrons. The van der Waals surface area contributed by atoms with E-state index in [1.165, 1.54) is 0 Å². The van der Waals surface area contributed by atoms with E-state index in [0.29, 0.717) is 0 Å². The maximum Gasteiger partial charge on any atom is 0.497 e. The van der Waals surface area contributed by atoms with Crippen LogP contribution < -0.4 is 5.46 Å². The second kappa shape index (κ2) is 4.48. The highest BCUT2D eigenvalue weighted by Crippen LogP contribution is 2.37. The van der Waals surface area contributed by atoms with E-state index in [1.54, 1.807) is 18.5 Å². The predicted octanol–water partition coefficient (Wildman–Crippen LogP) is 2.06. The Bertz CT molecular complexity index is 678. The third-order valence-electron chi connectivity index (χ3n) is 4.58. The topological polar surface area (TPSA) is 56.5 Å². The summed E-state index contributed by atoms with van der Waals surface area (Å²) >= 11 is 0. The third kappa shape index (κ3) is 2.13. The molecule has 0 aliphatic carbocycles. The number of fused-ring (bicyclic) bond motifs is 1. The maximum absolute atomic E-state index is 9.95. The van der Waals surface area contributed by atoms with Gasteiger partial charge in [0.2, 0.25) is 0 Å². The molecule has 0 radical (unpaired) electrons. The number of phenols is 1. The van der Waals surface area contributed by atoms with E-state index in [-0.39, 0.29) is 5.75 Å². The highest BCUT2D eigenvalue weighted by molar-refractivity contribution is 6.65. The molecule has 6 heteroatoms. The number of nitrogens with zero attached hydrogens (tertiary/aromatic N) is 2. The summed E-state index contributed by atoms with van der Waals surface area (Å²) in [6, 6.07) is 3.37. The Morgan fingerprint density at radius 1 is 1.19 bits per heavy atom. The predicted molar refractivity (Wildman–Crippen MR) is 82.8 cm³/mol. The molecule has 3 rings (SSSR count). The number of aromatic hydroxyl groups is 1. The fourth-order valence-electron chi connectivity index (χ4n) is 2.62. The Kier molecular flexibility index (Phi) is 3.08. The van der Waals surface area contributed by atoms with Crippen molar-refractivity contribution in [1.29, 1.82) is 0 Å². The molecule has 1 aromatic carbocycles. The highest BCUT2D eigenvalue weighted by Gasteiger charge is 2.52. The van der Waals surface area contributed by atoms with Gasteiger partial charge in [0.15, 0.2) is 0 Å². The minimum absolute atomic E-state index is 0.175. The van der Waals surface area contributed by atoms with Gasteiger partial charge < -0.3 is 19.0 Å². The number of aryl methyl sites for hydroxylation is 1. The quantitative estimate of drug-likeness (QED) is 0.859. The van der Waals surface area contributed by atoms with Gasteiger partial charge in [-0.2, -0.15) is 0 Å². The van der Waals surface area contributed by atoms with Crippen LogP contribution in [0.4, 0.5) is 0 Å². The Hall–Kier alpha value is -1.53. The number of benzene rings is 1. The number of hydrogen-bond acceptors (Lipinski definition) is 4. The van der Waals surface area contributed by atoms with E-state index in [1.807, 2.05) is 32.3 Å². The highest BCUT2D eigenvalue weighted by atomic mass is 16.7. The number of aromatic nitrogens is 2. The molecule has 0 spiro atoms. The van der Waals surface area contributed by atoms with Crippen molar-refractivity contribution in [2.24, 2.45) is 0 Å². The van der Waals surface area contributed by atoms with Crippen LogP contribution in [-0.4, -0.2) is 33.0 Å². The summed E-state index contributed by atoms with van der Waals surface area (Å²) in [5.41, 5.74) is 1.71. The minimum Gasteiger partial charge on any atom is -0.508 e. The zero-order valence-corrected chi connectivity index (χ0v) is 13.2. The summed E-state index contributed by atoms with van der Waals surface area (Å²) in [7, 11) is -0.508. The van der Waals surface area contributed by atoms with Gasteiger partial charge in [0.25, 0.3) is 0 Å². The zero-order chi connectivity index (χ0) is 15.4. The summed E-state index contributed by atoms with van der Waals surface area (Å²) in [6.45, 7) is 10.9. The lowest BCUT2D eigenvalue weighted by Gasteiger charge is -2.32. The summed E-state index contributed by atoms with van der Waals surface area (Å²) in [4.78, 5) is 4.35. The number of rotatable bonds is 2. The minimum atomic E-state index is -0.508. The van der Waals surface area contributed by atoms with Crippen LogP contribution in [0.1, 0.15) is 34.6 Å². The van der Waals surface area contributed by atoms with E-state index < -0.39 is 18.3 Å². The molecule has 1 N–H and O–H groups in total. The summed E-state index contributed by atoms with van der Waals surface area (Å²) in [5, 5.41) is 9.95. The first-order valence-corrected chi connectivity index (χ1v) is 7.28. The molecule has 21 heavy (non-hydrogen) atoms. The fraction of sp³-hybridized carbons (Fsp3) is 0.533. The third-order valence-corrected chi connectivity index (χ3v) is 4.58. The smallest absolute Gasteiger partial charge is 0.497 e. The molecular formula is C15H21BN2O3. The van der Waals surface area contributed by atoms with E-state index in [4.69, 9.17) is 9.31 Å². The van der Waals surface area contributed by atoms with E-state index in [0.717, 1.165) is 23.0 Å². The molecule has 5 nitrogen and oxygen atoms in total. The Balaban J connectivity index is 2.15. The van der Waals surface area contributed by atoms with Gasteiger partial charge >= 0.3 is 7.12 Å². The standard InChI is InChI=1S/C15H21BN2O3/c1-6-18-9-17-12-8-10(19)7-11(13(12)18)16-20-14(2,3)15(4,5)21-16/h7-9,19H,6H2,1-5H3. The summed E-state index contributed by atoms with van der Waals surface area (Å²) < 4.78 is 14.3. The van der Waals surface area contributed by atoms with Gasteiger partial charge in [0.05, 0.1) is 28.6 Å². The van der Waals surface area contributed by atoms with Crippen molar-refractivity contribution in [3.63, 3.8) is 0 Å². The molecule has 0 atom stereocenters. The second-order valence-corrected chi connectivity index (χ2v) is 6.52. The number of imidazole rings is 1. The molecular weight excluding hydrogens is 267 g/mol. The fourth-order valence-corrected chi connectivity index (χ4v) is 2.62. The molecule has 0 bridgehead atoms. The van der Waals surface area contributed by atoms with Crippen LogP contribution in [0.15, 0.2) is 18.5 Å². The van der Waals surface area contributed by atoms with Gasteiger partial charge in [-0.25, -0.2) is 4.98 Å². The molecule has 0 unspecified atom stereocenters. The van der Waals surface area contributed by atoms with E-state index >= 15 is 0 Å². The lowest BCUT2D eigenvalue weighted by atomic mass is 9.78. The zero-order valence-electron chi connectivity index (χ0n) is 13.2.